The van der Waals surface area contributed by atoms with Crippen LogP contribution in [0.2, 0.25) is 0 Å². The van der Waals surface area contributed by atoms with Gasteiger partial charge in [-0.05, 0) is 63.5 Å². The van der Waals surface area contributed by atoms with Crippen LogP contribution in [0.5, 0.6) is 0 Å². The number of fused-ring (bicyclic) bond motifs is 1. The van der Waals surface area contributed by atoms with Gasteiger partial charge in [-0.25, -0.2) is 0 Å². The molecule has 4 rings (SSSR count). The highest BCUT2D eigenvalue weighted by Crippen LogP contribution is 2.31. The molecule has 1 amide bonds. The molecule has 6 heteroatoms. The van der Waals surface area contributed by atoms with Gasteiger partial charge in [0.15, 0.2) is 0 Å². The molecule has 6 nitrogen and oxygen atoms in total. The summed E-state index contributed by atoms with van der Waals surface area (Å²) in [6, 6.07) is 3.58. The number of amides is 1. The zero-order chi connectivity index (χ0) is 17.4. The van der Waals surface area contributed by atoms with Crippen LogP contribution in [0.3, 0.4) is 0 Å². The Morgan fingerprint density at radius 3 is 2.88 bits per heavy atom. The molecule has 0 unspecified atom stereocenters. The fourth-order valence-electron chi connectivity index (χ4n) is 4.01. The van der Waals surface area contributed by atoms with Gasteiger partial charge in [-0.15, -0.1) is 0 Å². The number of H-pyrrole nitrogens is 1. The molecule has 0 aromatic carbocycles. The number of carbonyl (C=O) groups is 1. The highest BCUT2D eigenvalue weighted by atomic mass is 16.5. The Bertz CT molecular complexity index is 852. The lowest BCUT2D eigenvalue weighted by atomic mass is 9.94. The van der Waals surface area contributed by atoms with Gasteiger partial charge in [-0.3, -0.25) is 9.59 Å². The summed E-state index contributed by atoms with van der Waals surface area (Å²) in [5.41, 5.74) is 2.87. The van der Waals surface area contributed by atoms with Crippen LogP contribution >= 0.6 is 0 Å². The second kappa shape index (κ2) is 6.50. The van der Waals surface area contributed by atoms with Crippen molar-refractivity contribution in [2.75, 3.05) is 6.54 Å². The molecule has 1 N–H and O–H groups in total. The van der Waals surface area contributed by atoms with Crippen molar-refractivity contribution in [2.24, 2.45) is 0 Å². The van der Waals surface area contributed by atoms with Crippen LogP contribution in [0.4, 0.5) is 0 Å². The molecule has 2 aromatic rings. The first-order valence-electron chi connectivity index (χ1n) is 9.13. The van der Waals surface area contributed by atoms with Crippen LogP contribution in [0.1, 0.15) is 71.2 Å². The molecule has 1 saturated heterocycles. The maximum Gasteiger partial charge on any atom is 0.261 e. The summed E-state index contributed by atoms with van der Waals surface area (Å²) in [5.74, 6) is 0.541. The second-order valence-electron chi connectivity index (χ2n) is 7.10. The highest BCUT2D eigenvalue weighted by molar-refractivity contribution is 5.94. The molecule has 0 saturated carbocycles. The van der Waals surface area contributed by atoms with Crippen molar-refractivity contribution in [3.63, 3.8) is 0 Å². The van der Waals surface area contributed by atoms with Gasteiger partial charge in [0, 0.05) is 18.3 Å². The molecule has 132 valence electrons. The number of nitrogens with zero attached hydrogens (tertiary/aromatic N) is 2. The first kappa shape index (κ1) is 16.1. The number of hydrogen-bond acceptors (Lipinski definition) is 4. The van der Waals surface area contributed by atoms with Crippen LogP contribution in [-0.4, -0.2) is 27.5 Å². The van der Waals surface area contributed by atoms with Crippen LogP contribution in [-0.2, 0) is 12.8 Å². The smallest absolute Gasteiger partial charge is 0.261 e. The lowest BCUT2D eigenvalue weighted by Crippen LogP contribution is -2.41. The zero-order valence-electron chi connectivity index (χ0n) is 14.5. The third-order valence-corrected chi connectivity index (χ3v) is 5.32. The first-order chi connectivity index (χ1) is 12.1. The van der Waals surface area contributed by atoms with Crippen molar-refractivity contribution in [2.45, 2.75) is 57.9 Å². The van der Waals surface area contributed by atoms with E-state index in [0.717, 1.165) is 67.7 Å². The quantitative estimate of drug-likeness (QED) is 0.911. The maximum atomic E-state index is 13.1. The van der Waals surface area contributed by atoms with E-state index >= 15 is 0 Å². The molecule has 1 aliphatic carbocycles. The average Bonchev–Trinajstić information content (AvgIpc) is 3.07. The Morgan fingerprint density at radius 1 is 1.24 bits per heavy atom. The summed E-state index contributed by atoms with van der Waals surface area (Å²) in [6.45, 7) is 2.49. The predicted octanol–water partition coefficient (Wildman–Crippen LogP) is 2.92. The van der Waals surface area contributed by atoms with Crippen molar-refractivity contribution in [1.82, 2.24) is 15.0 Å². The summed E-state index contributed by atoms with van der Waals surface area (Å²) < 4.78 is 5.19. The highest BCUT2D eigenvalue weighted by Gasteiger charge is 2.32. The molecular weight excluding hydrogens is 318 g/mol. The number of rotatable bonds is 2. The van der Waals surface area contributed by atoms with E-state index in [-0.39, 0.29) is 23.1 Å². The van der Waals surface area contributed by atoms with E-state index in [4.69, 9.17) is 4.52 Å². The van der Waals surface area contributed by atoms with Crippen molar-refractivity contribution in [3.05, 3.63) is 50.8 Å². The number of aromatic nitrogens is 2. The van der Waals surface area contributed by atoms with E-state index in [1.165, 1.54) is 0 Å². The SMILES string of the molecule is Cc1cc([C@H]2CCCCN2C(=O)c2cc3c([nH]c2=O)CCCC3)no1. The fraction of sp³-hybridized carbons (Fsp3) is 0.526. The number of pyridine rings is 1. The first-order valence-corrected chi connectivity index (χ1v) is 9.13. The molecule has 2 aliphatic rings. The molecule has 1 atom stereocenters. The molecule has 3 heterocycles. The number of piperidine rings is 1. The van der Waals surface area contributed by atoms with E-state index in [2.05, 4.69) is 10.1 Å². The summed E-state index contributed by atoms with van der Waals surface area (Å²) >= 11 is 0. The third kappa shape index (κ3) is 3.01. The summed E-state index contributed by atoms with van der Waals surface area (Å²) in [7, 11) is 0. The van der Waals surface area contributed by atoms with Crippen molar-refractivity contribution >= 4 is 5.91 Å². The Labute approximate surface area is 146 Å². The zero-order valence-corrected chi connectivity index (χ0v) is 14.5. The van der Waals surface area contributed by atoms with E-state index in [1.807, 2.05) is 19.1 Å². The standard InChI is InChI=1S/C19H23N3O3/c1-12-10-16(21-25-12)17-8-4-5-9-22(17)19(24)14-11-13-6-2-3-7-15(13)20-18(14)23/h10-11,17H,2-9H2,1H3,(H,20,23)/t17-/m1/s1. The van der Waals surface area contributed by atoms with Crippen LogP contribution < -0.4 is 5.56 Å². The topological polar surface area (TPSA) is 79.2 Å². The minimum Gasteiger partial charge on any atom is -0.361 e. The van der Waals surface area contributed by atoms with Gasteiger partial charge in [-0.2, -0.15) is 0 Å². The van der Waals surface area contributed by atoms with Gasteiger partial charge in [0.05, 0.1) is 6.04 Å². The van der Waals surface area contributed by atoms with Crippen LogP contribution in [0.25, 0.3) is 0 Å². The molecule has 2 aromatic heterocycles. The van der Waals surface area contributed by atoms with Crippen molar-refractivity contribution in [1.29, 1.82) is 0 Å². The van der Waals surface area contributed by atoms with Crippen LogP contribution in [0.15, 0.2) is 21.5 Å². The van der Waals surface area contributed by atoms with E-state index in [9.17, 15) is 9.59 Å². The molecule has 0 radical (unpaired) electrons. The average molecular weight is 341 g/mol. The number of hydrogen-bond donors (Lipinski definition) is 1. The molecule has 1 aliphatic heterocycles. The molecule has 25 heavy (non-hydrogen) atoms. The maximum absolute atomic E-state index is 13.1. The predicted molar refractivity (Wildman–Crippen MR) is 92.6 cm³/mol. The minimum atomic E-state index is -0.272. The number of aryl methyl sites for hydroxylation is 3. The molecule has 1 fully saturated rings. The Morgan fingerprint density at radius 2 is 2.08 bits per heavy atom. The summed E-state index contributed by atoms with van der Waals surface area (Å²) in [5, 5.41) is 4.10. The Hall–Kier alpha value is -2.37. The largest absolute Gasteiger partial charge is 0.361 e. The fourth-order valence-corrected chi connectivity index (χ4v) is 4.01. The molecule has 0 bridgehead atoms. The molecular formula is C19H23N3O3. The number of carbonyl (C=O) groups excluding carboxylic acids is 1. The van der Waals surface area contributed by atoms with Crippen molar-refractivity contribution < 1.29 is 9.32 Å². The lowest BCUT2D eigenvalue weighted by Gasteiger charge is -2.34. The van der Waals surface area contributed by atoms with E-state index in [1.54, 1.807) is 4.90 Å². The summed E-state index contributed by atoms with van der Waals surface area (Å²) in [6.07, 6.45) is 6.86. The third-order valence-electron chi connectivity index (χ3n) is 5.32. The number of nitrogens with one attached hydrogen (secondary N) is 1. The monoisotopic (exact) mass is 341 g/mol. The van der Waals surface area contributed by atoms with Gasteiger partial charge < -0.3 is 14.4 Å². The van der Waals surface area contributed by atoms with Gasteiger partial charge in [-0.1, -0.05) is 5.16 Å². The lowest BCUT2D eigenvalue weighted by molar-refractivity contribution is 0.0600. The Balaban J connectivity index is 1.68. The number of likely N-dealkylation sites (tertiary alicyclic amines) is 1. The van der Waals surface area contributed by atoms with Gasteiger partial charge in [0.25, 0.3) is 11.5 Å². The molecule has 0 spiro atoms. The normalized spacial score (nSPS) is 20.4. The van der Waals surface area contributed by atoms with E-state index < -0.39 is 0 Å². The second-order valence-corrected chi connectivity index (χ2v) is 7.10. The van der Waals surface area contributed by atoms with Gasteiger partial charge in [0.1, 0.15) is 17.0 Å². The van der Waals surface area contributed by atoms with Gasteiger partial charge >= 0.3 is 0 Å². The van der Waals surface area contributed by atoms with E-state index in [0.29, 0.717) is 6.54 Å². The van der Waals surface area contributed by atoms with Crippen molar-refractivity contribution in [3.8, 4) is 0 Å². The Kier molecular flexibility index (Phi) is 4.19. The van der Waals surface area contributed by atoms with Crippen LogP contribution in [0, 0.1) is 6.92 Å². The van der Waals surface area contributed by atoms with Gasteiger partial charge in [0.2, 0.25) is 0 Å². The minimum absolute atomic E-state index is 0.117. The number of aromatic amines is 1. The summed E-state index contributed by atoms with van der Waals surface area (Å²) in [4.78, 5) is 30.4.